The molecule has 2 aromatic carbocycles. The van der Waals surface area contributed by atoms with E-state index in [1.165, 1.54) is 25.3 Å². The first-order chi connectivity index (χ1) is 14.2. The molecule has 0 aromatic heterocycles. The summed E-state index contributed by atoms with van der Waals surface area (Å²) < 4.78 is 32.9. The summed E-state index contributed by atoms with van der Waals surface area (Å²) in [5, 5.41) is 5.06. The lowest BCUT2D eigenvalue weighted by Crippen LogP contribution is -2.49. The predicted octanol–water partition coefficient (Wildman–Crippen LogP) is 2.52. The van der Waals surface area contributed by atoms with E-state index in [0.717, 1.165) is 0 Å². The molecule has 0 aliphatic rings. The Morgan fingerprint density at radius 3 is 2.33 bits per heavy atom. The third-order valence-corrected chi connectivity index (χ3v) is 5.93. The van der Waals surface area contributed by atoms with Gasteiger partial charge in [-0.3, -0.25) is 9.52 Å². The minimum absolute atomic E-state index is 0.0286. The zero-order valence-electron chi connectivity index (χ0n) is 17.0. The van der Waals surface area contributed by atoms with Crippen LogP contribution in [0.5, 0.6) is 5.75 Å². The molecule has 3 amide bonds. The smallest absolute Gasteiger partial charge is 0.312 e. The van der Waals surface area contributed by atoms with Crippen molar-refractivity contribution in [2.75, 3.05) is 17.1 Å². The molecule has 0 saturated heterocycles. The van der Waals surface area contributed by atoms with Gasteiger partial charge in [0.1, 0.15) is 11.8 Å². The van der Waals surface area contributed by atoms with E-state index >= 15 is 0 Å². The second-order valence-corrected chi connectivity index (χ2v) is 8.41. The fourth-order valence-electron chi connectivity index (χ4n) is 2.69. The zero-order chi connectivity index (χ0) is 22.3. The number of hydrogen-bond acceptors (Lipinski definition) is 5. The number of ether oxygens (including phenoxy) is 1. The molecule has 2 aromatic rings. The number of hydrogen-bond donors (Lipinski definition) is 4. The quantitative estimate of drug-likeness (QED) is 0.480. The summed E-state index contributed by atoms with van der Waals surface area (Å²) in [7, 11) is -2.37. The molecule has 0 fully saturated rings. The molecule has 0 saturated carbocycles. The van der Waals surface area contributed by atoms with E-state index < -0.39 is 28.0 Å². The Bertz CT molecular complexity index is 993. The van der Waals surface area contributed by atoms with Crippen LogP contribution in [0.3, 0.4) is 0 Å². The fraction of sp³-hybridized carbons (Fsp3) is 0.300. The molecule has 5 N–H and O–H groups in total. The van der Waals surface area contributed by atoms with E-state index in [1.54, 1.807) is 37.3 Å². The van der Waals surface area contributed by atoms with Crippen molar-refractivity contribution < 1.29 is 22.7 Å². The van der Waals surface area contributed by atoms with Crippen molar-refractivity contribution in [2.45, 2.75) is 31.2 Å². The molecule has 0 aliphatic carbocycles. The van der Waals surface area contributed by atoms with E-state index in [1.807, 2.05) is 6.92 Å². The Labute approximate surface area is 176 Å². The number of carbonyl (C=O) groups is 2. The largest absolute Gasteiger partial charge is 0.497 e. The van der Waals surface area contributed by atoms with Crippen LogP contribution in [-0.2, 0) is 14.8 Å². The van der Waals surface area contributed by atoms with E-state index in [9.17, 15) is 18.0 Å². The van der Waals surface area contributed by atoms with Gasteiger partial charge in [0.25, 0.3) is 10.0 Å². The van der Waals surface area contributed by atoms with Gasteiger partial charge < -0.3 is 21.1 Å². The molecular formula is C20H26N4O5S. The minimum Gasteiger partial charge on any atom is -0.497 e. The molecule has 9 nitrogen and oxygen atoms in total. The van der Waals surface area contributed by atoms with Crippen LogP contribution in [0.25, 0.3) is 0 Å². The molecule has 162 valence electrons. The van der Waals surface area contributed by atoms with Gasteiger partial charge in [0.15, 0.2) is 0 Å². The highest BCUT2D eigenvalue weighted by atomic mass is 32.2. The summed E-state index contributed by atoms with van der Waals surface area (Å²) in [6.45, 7) is 3.69. The lowest BCUT2D eigenvalue weighted by atomic mass is 9.98. The fourth-order valence-corrected chi connectivity index (χ4v) is 3.79. The highest BCUT2D eigenvalue weighted by Crippen LogP contribution is 2.22. The molecular weight excluding hydrogens is 408 g/mol. The molecule has 0 bridgehead atoms. The number of benzene rings is 2. The van der Waals surface area contributed by atoms with Crippen LogP contribution in [0.1, 0.15) is 20.3 Å². The van der Waals surface area contributed by atoms with Gasteiger partial charge in [-0.15, -0.1) is 0 Å². The molecule has 0 spiro atoms. The predicted molar refractivity (Wildman–Crippen MR) is 115 cm³/mol. The van der Waals surface area contributed by atoms with Gasteiger partial charge in [-0.2, -0.15) is 0 Å². The Morgan fingerprint density at radius 1 is 1.10 bits per heavy atom. The number of methoxy groups -OCH3 is 1. The average molecular weight is 435 g/mol. The van der Waals surface area contributed by atoms with Gasteiger partial charge in [0.2, 0.25) is 5.91 Å². The summed E-state index contributed by atoms with van der Waals surface area (Å²) in [5.74, 6) is -0.0509. The molecule has 0 aliphatic heterocycles. The van der Waals surface area contributed by atoms with E-state index in [2.05, 4.69) is 15.4 Å². The zero-order valence-corrected chi connectivity index (χ0v) is 17.8. The molecule has 0 radical (unpaired) electrons. The number of primary amides is 1. The number of sulfonamides is 1. The van der Waals surface area contributed by atoms with E-state index in [0.29, 0.717) is 17.9 Å². The number of anilines is 2. The van der Waals surface area contributed by atoms with Gasteiger partial charge in [0, 0.05) is 11.4 Å². The van der Waals surface area contributed by atoms with Crippen molar-refractivity contribution in [3.8, 4) is 5.75 Å². The van der Waals surface area contributed by atoms with E-state index in [-0.39, 0.29) is 16.5 Å². The minimum atomic E-state index is -3.88. The number of carbonyl (C=O) groups excluding carboxylic acids is 2. The van der Waals surface area contributed by atoms with Gasteiger partial charge in [-0.1, -0.05) is 26.3 Å². The normalized spacial score (nSPS) is 13.0. The maximum atomic E-state index is 12.7. The SMILES string of the molecule is CCC(C)C(NC(N)=O)C(=O)Nc1cccc(S(=O)(=O)Nc2ccc(OC)cc2)c1. The van der Waals surface area contributed by atoms with Crippen molar-refractivity contribution in [3.05, 3.63) is 48.5 Å². The van der Waals surface area contributed by atoms with Crippen LogP contribution in [0.4, 0.5) is 16.2 Å². The van der Waals surface area contributed by atoms with Crippen LogP contribution in [0.15, 0.2) is 53.4 Å². The number of nitrogens with two attached hydrogens (primary N) is 1. The molecule has 10 heteroatoms. The Hall–Kier alpha value is -3.27. The highest BCUT2D eigenvalue weighted by molar-refractivity contribution is 7.92. The third kappa shape index (κ3) is 6.11. The summed E-state index contributed by atoms with van der Waals surface area (Å²) in [6, 6.07) is 10.6. The lowest BCUT2D eigenvalue weighted by Gasteiger charge is -2.22. The summed E-state index contributed by atoms with van der Waals surface area (Å²) in [6.07, 6.45) is 0.637. The topological polar surface area (TPSA) is 140 Å². The lowest BCUT2D eigenvalue weighted by molar-refractivity contribution is -0.119. The number of urea groups is 1. The Balaban J connectivity index is 2.19. The van der Waals surface area contributed by atoms with Crippen molar-refractivity contribution in [3.63, 3.8) is 0 Å². The van der Waals surface area contributed by atoms with Crippen molar-refractivity contribution >= 4 is 33.3 Å². The van der Waals surface area contributed by atoms with Crippen molar-refractivity contribution in [1.29, 1.82) is 0 Å². The molecule has 0 heterocycles. The van der Waals surface area contributed by atoms with Crippen LogP contribution in [0.2, 0.25) is 0 Å². The second-order valence-electron chi connectivity index (χ2n) is 6.72. The molecule has 2 rings (SSSR count). The average Bonchev–Trinajstić information content (AvgIpc) is 2.71. The van der Waals surface area contributed by atoms with Crippen LogP contribution < -0.4 is 25.8 Å². The first-order valence-electron chi connectivity index (χ1n) is 9.30. The summed E-state index contributed by atoms with van der Waals surface area (Å²) >= 11 is 0. The first kappa shape index (κ1) is 23.0. The van der Waals surface area contributed by atoms with Crippen molar-refractivity contribution in [2.24, 2.45) is 11.7 Å². The number of rotatable bonds is 9. The Kier molecular flexibility index (Phi) is 7.65. The van der Waals surface area contributed by atoms with Gasteiger partial charge in [-0.05, 0) is 48.4 Å². The Morgan fingerprint density at radius 2 is 1.77 bits per heavy atom. The van der Waals surface area contributed by atoms with Crippen LogP contribution >= 0.6 is 0 Å². The summed E-state index contributed by atoms with van der Waals surface area (Å²) in [5.41, 5.74) is 5.81. The first-order valence-corrected chi connectivity index (χ1v) is 10.8. The third-order valence-electron chi connectivity index (χ3n) is 4.55. The second kappa shape index (κ2) is 9.97. The maximum Gasteiger partial charge on any atom is 0.312 e. The van der Waals surface area contributed by atoms with Gasteiger partial charge >= 0.3 is 6.03 Å². The van der Waals surface area contributed by atoms with Crippen LogP contribution in [0, 0.1) is 5.92 Å². The molecule has 2 atom stereocenters. The maximum absolute atomic E-state index is 12.7. The number of nitrogens with one attached hydrogen (secondary N) is 3. The van der Waals surface area contributed by atoms with Gasteiger partial charge in [0.05, 0.1) is 12.0 Å². The summed E-state index contributed by atoms with van der Waals surface area (Å²) in [4.78, 5) is 23.8. The van der Waals surface area contributed by atoms with E-state index in [4.69, 9.17) is 10.5 Å². The van der Waals surface area contributed by atoms with Crippen molar-refractivity contribution in [1.82, 2.24) is 5.32 Å². The number of amides is 3. The highest BCUT2D eigenvalue weighted by Gasteiger charge is 2.25. The monoisotopic (exact) mass is 434 g/mol. The van der Waals surface area contributed by atoms with Crippen LogP contribution in [-0.4, -0.2) is 33.5 Å². The molecule has 2 unspecified atom stereocenters. The standard InChI is InChI=1S/C20H26N4O5S/c1-4-13(2)18(23-20(21)26)19(25)22-15-6-5-7-17(12-15)30(27,28)24-14-8-10-16(29-3)11-9-14/h5-13,18,24H,4H2,1-3H3,(H,22,25)(H3,21,23,26). The van der Waals surface area contributed by atoms with Gasteiger partial charge in [-0.25, -0.2) is 13.2 Å². The molecule has 30 heavy (non-hydrogen) atoms.